The van der Waals surface area contributed by atoms with Gasteiger partial charge in [-0.2, -0.15) is 0 Å². The summed E-state index contributed by atoms with van der Waals surface area (Å²) in [5, 5.41) is 3.34. The van der Waals surface area contributed by atoms with Crippen LogP contribution in [0.5, 0.6) is 0 Å². The molecule has 1 saturated heterocycles. The summed E-state index contributed by atoms with van der Waals surface area (Å²) in [4.78, 5) is 2.53. The minimum atomic E-state index is 0.994. The molecule has 2 aromatic rings. The Labute approximate surface area is 133 Å². The van der Waals surface area contributed by atoms with Crippen molar-refractivity contribution < 1.29 is 0 Å². The molecule has 0 aromatic heterocycles. The molecule has 0 bridgehead atoms. The van der Waals surface area contributed by atoms with E-state index < -0.39 is 0 Å². The fourth-order valence-corrected chi connectivity index (χ4v) is 2.85. The Morgan fingerprint density at radius 1 is 0.864 bits per heavy atom. The molecule has 1 heterocycles. The first kappa shape index (κ1) is 15.0. The van der Waals surface area contributed by atoms with E-state index in [9.17, 15) is 0 Å². The zero-order valence-electron chi connectivity index (χ0n) is 13.3. The molecule has 2 heteroatoms. The van der Waals surface area contributed by atoms with Crippen LogP contribution in [0, 0.1) is 0 Å². The molecule has 0 atom stereocenters. The van der Waals surface area contributed by atoms with Gasteiger partial charge in [-0.05, 0) is 23.6 Å². The van der Waals surface area contributed by atoms with Gasteiger partial charge in [-0.3, -0.25) is 4.90 Å². The average molecular weight is 292 g/mol. The highest BCUT2D eigenvalue weighted by atomic mass is 15.1. The second-order valence-electron chi connectivity index (χ2n) is 6.10. The van der Waals surface area contributed by atoms with Crippen LogP contribution in [0.4, 0.5) is 0 Å². The Kier molecular flexibility index (Phi) is 5.04. The maximum absolute atomic E-state index is 3.34. The summed E-state index contributed by atoms with van der Waals surface area (Å²) in [6.07, 6.45) is 0. The average Bonchev–Trinajstić information content (AvgIpc) is 2.47. The monoisotopic (exact) mass is 292 g/mol. The quantitative estimate of drug-likeness (QED) is 0.818. The highest BCUT2D eigenvalue weighted by Crippen LogP contribution is 2.15. The van der Waals surface area contributed by atoms with E-state index in [2.05, 4.69) is 77.8 Å². The number of nitrogens with one attached hydrogen (secondary N) is 1. The third-order valence-electron chi connectivity index (χ3n) is 4.24. The van der Waals surface area contributed by atoms with Gasteiger partial charge in [-0.1, -0.05) is 66.2 Å². The highest BCUT2D eigenvalue weighted by molar-refractivity contribution is 5.23. The first-order valence-corrected chi connectivity index (χ1v) is 7.99. The van der Waals surface area contributed by atoms with E-state index in [1.54, 1.807) is 5.57 Å². The first-order chi connectivity index (χ1) is 10.8. The van der Waals surface area contributed by atoms with Crippen molar-refractivity contribution in [3.63, 3.8) is 0 Å². The molecule has 0 aliphatic carbocycles. The van der Waals surface area contributed by atoms with Gasteiger partial charge in [0.15, 0.2) is 0 Å². The van der Waals surface area contributed by atoms with Crippen LogP contribution in [0.1, 0.15) is 18.1 Å². The van der Waals surface area contributed by atoms with Gasteiger partial charge in [0.05, 0.1) is 0 Å². The Hall–Kier alpha value is -1.90. The highest BCUT2D eigenvalue weighted by Gasteiger charge is 2.14. The minimum Gasteiger partial charge on any atom is -0.309 e. The van der Waals surface area contributed by atoms with Crippen LogP contribution in [-0.2, 0) is 13.1 Å². The van der Waals surface area contributed by atoms with Gasteiger partial charge in [-0.15, -0.1) is 0 Å². The lowest BCUT2D eigenvalue weighted by Crippen LogP contribution is -2.36. The van der Waals surface area contributed by atoms with Gasteiger partial charge < -0.3 is 5.32 Å². The summed E-state index contributed by atoms with van der Waals surface area (Å²) < 4.78 is 0. The van der Waals surface area contributed by atoms with Gasteiger partial charge in [0.25, 0.3) is 0 Å². The first-order valence-electron chi connectivity index (χ1n) is 7.99. The molecular weight excluding hydrogens is 268 g/mol. The molecule has 0 amide bonds. The van der Waals surface area contributed by atoms with Crippen molar-refractivity contribution in [2.75, 3.05) is 19.6 Å². The molecule has 0 spiro atoms. The molecule has 0 saturated carbocycles. The van der Waals surface area contributed by atoms with Gasteiger partial charge in [0.1, 0.15) is 0 Å². The lowest BCUT2D eigenvalue weighted by Gasteiger charge is -2.27. The maximum atomic E-state index is 3.34. The number of benzene rings is 2. The Morgan fingerprint density at radius 2 is 1.36 bits per heavy atom. The Bertz CT molecular complexity index is 569. The van der Waals surface area contributed by atoms with Crippen molar-refractivity contribution in [3.8, 4) is 0 Å². The van der Waals surface area contributed by atoms with E-state index in [4.69, 9.17) is 0 Å². The third-order valence-corrected chi connectivity index (χ3v) is 4.24. The van der Waals surface area contributed by atoms with Crippen molar-refractivity contribution in [1.82, 2.24) is 10.2 Å². The Morgan fingerprint density at radius 3 is 1.77 bits per heavy atom. The fraction of sp³-hybridized carbons (Fsp3) is 0.300. The van der Waals surface area contributed by atoms with Crippen molar-refractivity contribution in [2.45, 2.75) is 20.0 Å². The Balaban J connectivity index is 1.72. The second-order valence-corrected chi connectivity index (χ2v) is 6.10. The van der Waals surface area contributed by atoms with Crippen LogP contribution in [0.2, 0.25) is 0 Å². The largest absolute Gasteiger partial charge is 0.309 e. The minimum absolute atomic E-state index is 0.994. The number of hydrogen-bond donors (Lipinski definition) is 1. The predicted octanol–water partition coefficient (Wildman–Crippen LogP) is 3.61. The third kappa shape index (κ3) is 4.06. The molecule has 3 rings (SSSR count). The molecule has 1 aliphatic rings. The summed E-state index contributed by atoms with van der Waals surface area (Å²) in [7, 11) is 0. The summed E-state index contributed by atoms with van der Waals surface area (Å²) in [6.45, 7) is 7.44. The smallest absolute Gasteiger partial charge is 0.0240 e. The zero-order valence-corrected chi connectivity index (χ0v) is 13.3. The topological polar surface area (TPSA) is 15.3 Å². The van der Waals surface area contributed by atoms with Crippen LogP contribution in [0.3, 0.4) is 0 Å². The van der Waals surface area contributed by atoms with E-state index in [1.165, 1.54) is 16.7 Å². The zero-order chi connectivity index (χ0) is 15.2. The molecule has 114 valence electrons. The molecule has 1 N–H and O–H groups in total. The predicted molar refractivity (Wildman–Crippen MR) is 92.6 cm³/mol. The standard InChI is InChI=1S/C20H24N2/c1-17(20-12-21-13-20)14-22(15-18-8-4-2-5-9-18)16-19-10-6-3-7-11-19/h2-11,21H,12-16H2,1H3. The van der Waals surface area contributed by atoms with Crippen LogP contribution < -0.4 is 5.32 Å². The van der Waals surface area contributed by atoms with Crippen molar-refractivity contribution >= 4 is 0 Å². The number of nitrogens with zero attached hydrogens (tertiary/aromatic N) is 1. The fourth-order valence-electron chi connectivity index (χ4n) is 2.85. The number of hydrogen-bond acceptors (Lipinski definition) is 2. The van der Waals surface area contributed by atoms with E-state index in [0.717, 1.165) is 32.7 Å². The van der Waals surface area contributed by atoms with Crippen LogP contribution in [0.15, 0.2) is 71.8 Å². The van der Waals surface area contributed by atoms with Crippen LogP contribution >= 0.6 is 0 Å². The van der Waals surface area contributed by atoms with E-state index in [-0.39, 0.29) is 0 Å². The normalized spacial score (nSPS) is 14.0. The SMILES string of the molecule is CC(CN(Cc1ccccc1)Cc1ccccc1)=C1CNC1. The second kappa shape index (κ2) is 7.39. The summed E-state index contributed by atoms with van der Waals surface area (Å²) in [6, 6.07) is 21.5. The van der Waals surface area contributed by atoms with Gasteiger partial charge in [-0.25, -0.2) is 0 Å². The molecule has 2 aromatic carbocycles. The summed E-state index contributed by atoms with van der Waals surface area (Å²) >= 11 is 0. The van der Waals surface area contributed by atoms with Gasteiger partial charge in [0.2, 0.25) is 0 Å². The van der Waals surface area contributed by atoms with Crippen molar-refractivity contribution in [3.05, 3.63) is 82.9 Å². The molecule has 0 radical (unpaired) electrons. The molecule has 1 aliphatic heterocycles. The van der Waals surface area contributed by atoms with E-state index in [1.807, 2.05) is 0 Å². The molecular formula is C20H24N2. The lowest BCUT2D eigenvalue weighted by atomic mass is 10.0. The maximum Gasteiger partial charge on any atom is 0.0240 e. The van der Waals surface area contributed by atoms with E-state index >= 15 is 0 Å². The summed E-state index contributed by atoms with van der Waals surface area (Å²) in [5.41, 5.74) is 5.85. The molecule has 2 nitrogen and oxygen atoms in total. The summed E-state index contributed by atoms with van der Waals surface area (Å²) in [5.74, 6) is 0. The lowest BCUT2D eigenvalue weighted by molar-refractivity contribution is 0.277. The number of rotatable bonds is 6. The van der Waals surface area contributed by atoms with Crippen molar-refractivity contribution in [1.29, 1.82) is 0 Å². The van der Waals surface area contributed by atoms with Crippen LogP contribution in [0.25, 0.3) is 0 Å². The van der Waals surface area contributed by atoms with Crippen LogP contribution in [-0.4, -0.2) is 24.5 Å². The van der Waals surface area contributed by atoms with Gasteiger partial charge in [0, 0.05) is 32.7 Å². The molecule has 0 unspecified atom stereocenters. The molecule has 22 heavy (non-hydrogen) atoms. The van der Waals surface area contributed by atoms with Gasteiger partial charge >= 0.3 is 0 Å². The van der Waals surface area contributed by atoms with Crippen molar-refractivity contribution in [2.24, 2.45) is 0 Å². The van der Waals surface area contributed by atoms with E-state index in [0.29, 0.717) is 0 Å². The molecule has 1 fully saturated rings.